The maximum Gasteiger partial charge on any atom is 0.243 e. The number of sulfonamides is 1. The minimum absolute atomic E-state index is 0.294. The molecule has 0 aliphatic carbocycles. The molecule has 2 rings (SSSR count). The molecule has 1 saturated heterocycles. The second-order valence-corrected chi connectivity index (χ2v) is 8.47. The number of hydrogen-bond donors (Lipinski definition) is 1. The Morgan fingerprint density at radius 1 is 1.29 bits per heavy atom. The van der Waals surface area contributed by atoms with Gasteiger partial charge in [0.05, 0.1) is 4.90 Å². The molecular weight excluding hydrogens is 284 g/mol. The van der Waals surface area contributed by atoms with Crippen LogP contribution in [0.2, 0.25) is 0 Å². The zero-order valence-electron chi connectivity index (χ0n) is 13.4. The Hall–Kier alpha value is -0.910. The Morgan fingerprint density at radius 2 is 1.95 bits per heavy atom. The lowest BCUT2D eigenvalue weighted by molar-refractivity contribution is 0.291. The van der Waals surface area contributed by atoms with Crippen LogP contribution in [0.3, 0.4) is 0 Å². The molecule has 21 heavy (non-hydrogen) atoms. The fourth-order valence-corrected chi connectivity index (χ4v) is 4.93. The smallest absolute Gasteiger partial charge is 0.243 e. The van der Waals surface area contributed by atoms with Crippen LogP contribution < -0.4 is 5.32 Å². The van der Waals surface area contributed by atoms with Crippen LogP contribution >= 0.6 is 0 Å². The maximum atomic E-state index is 13.0. The lowest BCUT2D eigenvalue weighted by atomic mass is 10.0. The van der Waals surface area contributed by atoms with Crippen molar-refractivity contribution in [1.29, 1.82) is 0 Å². The van der Waals surface area contributed by atoms with Gasteiger partial charge in [0, 0.05) is 24.7 Å². The van der Waals surface area contributed by atoms with Crippen molar-refractivity contribution in [3.05, 3.63) is 29.8 Å². The van der Waals surface area contributed by atoms with Crippen LogP contribution in [0.15, 0.2) is 29.2 Å². The Balaban J connectivity index is 2.36. The highest BCUT2D eigenvalue weighted by atomic mass is 32.2. The topological polar surface area (TPSA) is 49.4 Å². The fraction of sp³-hybridized carbons (Fsp3) is 0.625. The number of nitrogens with one attached hydrogen (secondary N) is 1. The van der Waals surface area contributed by atoms with Crippen LogP contribution in [0.4, 0.5) is 0 Å². The molecule has 1 N–H and O–H groups in total. The van der Waals surface area contributed by atoms with E-state index in [4.69, 9.17) is 0 Å². The average Bonchev–Trinajstić information content (AvgIpc) is 2.77. The molecule has 0 amide bonds. The molecule has 1 fully saturated rings. The van der Waals surface area contributed by atoms with E-state index in [0.29, 0.717) is 24.0 Å². The minimum Gasteiger partial charge on any atom is -0.310 e. The molecule has 0 atom stereocenters. The number of benzene rings is 1. The first kappa shape index (κ1) is 16.5. The van der Waals surface area contributed by atoms with Crippen LogP contribution in [0, 0.1) is 0 Å². The van der Waals surface area contributed by atoms with Crippen molar-refractivity contribution < 1.29 is 8.42 Å². The zero-order chi connectivity index (χ0) is 15.7. The highest BCUT2D eigenvalue weighted by molar-refractivity contribution is 7.89. The number of rotatable bonds is 5. The monoisotopic (exact) mass is 310 g/mol. The Labute approximate surface area is 128 Å². The van der Waals surface area contributed by atoms with E-state index in [2.05, 4.69) is 19.2 Å². The van der Waals surface area contributed by atoms with Gasteiger partial charge in [-0.15, -0.1) is 0 Å². The van der Waals surface area contributed by atoms with E-state index in [-0.39, 0.29) is 5.54 Å². The second-order valence-electron chi connectivity index (χ2n) is 6.64. The highest BCUT2D eigenvalue weighted by Crippen LogP contribution is 2.34. The van der Waals surface area contributed by atoms with E-state index in [1.807, 2.05) is 26.0 Å². The largest absolute Gasteiger partial charge is 0.310 e. The summed E-state index contributed by atoms with van der Waals surface area (Å²) in [7, 11) is -3.43. The van der Waals surface area contributed by atoms with Gasteiger partial charge in [0.15, 0.2) is 0 Å². The Bertz CT molecular complexity index is 594. The summed E-state index contributed by atoms with van der Waals surface area (Å²) in [6, 6.07) is 7.64. The number of hydrogen-bond acceptors (Lipinski definition) is 3. The van der Waals surface area contributed by atoms with Crippen LogP contribution in [-0.4, -0.2) is 30.8 Å². The third kappa shape index (κ3) is 3.47. The molecule has 0 spiro atoms. The van der Waals surface area contributed by atoms with Crippen LogP contribution in [0.25, 0.3) is 0 Å². The first-order valence-electron chi connectivity index (χ1n) is 7.59. The van der Waals surface area contributed by atoms with Gasteiger partial charge < -0.3 is 5.32 Å². The standard InChI is InChI=1S/C16H26N2O2S/c1-13(2)17-12-14-8-5-6-9-15(14)21(19,20)18-11-7-10-16(18,3)4/h5-6,8-9,13,17H,7,10-12H2,1-4H3. The molecular formula is C16H26N2O2S. The Morgan fingerprint density at radius 3 is 2.52 bits per heavy atom. The normalized spacial score (nSPS) is 19.3. The van der Waals surface area contributed by atoms with Crippen LogP contribution in [0.5, 0.6) is 0 Å². The summed E-state index contributed by atoms with van der Waals surface area (Å²) in [5, 5.41) is 3.30. The molecule has 0 unspecified atom stereocenters. The van der Waals surface area contributed by atoms with Gasteiger partial charge in [0.2, 0.25) is 10.0 Å². The summed E-state index contributed by atoms with van der Waals surface area (Å²) in [6.45, 7) is 9.31. The first-order valence-corrected chi connectivity index (χ1v) is 9.03. The van der Waals surface area contributed by atoms with Gasteiger partial charge in [-0.25, -0.2) is 8.42 Å². The lowest BCUT2D eigenvalue weighted by Gasteiger charge is -2.31. The lowest BCUT2D eigenvalue weighted by Crippen LogP contribution is -2.43. The molecule has 1 aromatic carbocycles. The quantitative estimate of drug-likeness (QED) is 0.910. The molecule has 0 aromatic heterocycles. The van der Waals surface area contributed by atoms with E-state index in [9.17, 15) is 8.42 Å². The van der Waals surface area contributed by atoms with E-state index in [0.717, 1.165) is 18.4 Å². The average molecular weight is 310 g/mol. The highest BCUT2D eigenvalue weighted by Gasteiger charge is 2.41. The number of nitrogens with zero attached hydrogens (tertiary/aromatic N) is 1. The van der Waals surface area contributed by atoms with E-state index in [1.165, 1.54) is 0 Å². The molecule has 1 heterocycles. The maximum absolute atomic E-state index is 13.0. The first-order chi connectivity index (χ1) is 9.75. The molecule has 118 valence electrons. The molecule has 1 aliphatic heterocycles. The third-order valence-corrected chi connectivity index (χ3v) is 6.28. The Kier molecular flexibility index (Phi) is 4.76. The predicted molar refractivity (Wildman–Crippen MR) is 85.6 cm³/mol. The summed E-state index contributed by atoms with van der Waals surface area (Å²) in [5.74, 6) is 0. The molecule has 0 saturated carbocycles. The van der Waals surface area contributed by atoms with Crippen LogP contribution in [-0.2, 0) is 16.6 Å². The summed E-state index contributed by atoms with van der Waals surface area (Å²) >= 11 is 0. The van der Waals surface area contributed by atoms with Gasteiger partial charge in [0.25, 0.3) is 0 Å². The van der Waals surface area contributed by atoms with E-state index >= 15 is 0 Å². The summed E-state index contributed by atoms with van der Waals surface area (Å²) in [6.07, 6.45) is 1.84. The molecule has 1 aromatic rings. The summed E-state index contributed by atoms with van der Waals surface area (Å²) < 4.78 is 27.7. The zero-order valence-corrected chi connectivity index (χ0v) is 14.2. The minimum atomic E-state index is -3.43. The van der Waals surface area contributed by atoms with Gasteiger partial charge in [-0.2, -0.15) is 4.31 Å². The molecule has 0 radical (unpaired) electrons. The molecule has 0 bridgehead atoms. The van der Waals surface area contributed by atoms with Crippen LogP contribution in [0.1, 0.15) is 46.1 Å². The van der Waals surface area contributed by atoms with Crippen molar-refractivity contribution in [3.63, 3.8) is 0 Å². The van der Waals surface area contributed by atoms with Gasteiger partial charge >= 0.3 is 0 Å². The summed E-state index contributed by atoms with van der Waals surface area (Å²) in [5.41, 5.74) is 0.547. The van der Waals surface area contributed by atoms with Crippen molar-refractivity contribution in [2.75, 3.05) is 6.54 Å². The van der Waals surface area contributed by atoms with Crippen molar-refractivity contribution in [2.45, 2.75) is 63.6 Å². The van der Waals surface area contributed by atoms with Crippen molar-refractivity contribution in [1.82, 2.24) is 9.62 Å². The van der Waals surface area contributed by atoms with Gasteiger partial charge in [-0.05, 0) is 38.3 Å². The summed E-state index contributed by atoms with van der Waals surface area (Å²) in [4.78, 5) is 0.438. The third-order valence-electron chi connectivity index (χ3n) is 4.07. The van der Waals surface area contributed by atoms with E-state index < -0.39 is 10.0 Å². The van der Waals surface area contributed by atoms with Gasteiger partial charge in [-0.3, -0.25) is 0 Å². The van der Waals surface area contributed by atoms with E-state index in [1.54, 1.807) is 16.4 Å². The second kappa shape index (κ2) is 6.07. The molecule has 1 aliphatic rings. The van der Waals surface area contributed by atoms with Crippen molar-refractivity contribution >= 4 is 10.0 Å². The fourth-order valence-electron chi connectivity index (χ4n) is 2.86. The van der Waals surface area contributed by atoms with Gasteiger partial charge in [0.1, 0.15) is 0 Å². The van der Waals surface area contributed by atoms with Crippen molar-refractivity contribution in [2.24, 2.45) is 0 Å². The SMILES string of the molecule is CC(C)NCc1ccccc1S(=O)(=O)N1CCCC1(C)C. The molecule has 5 heteroatoms. The molecule has 4 nitrogen and oxygen atoms in total. The van der Waals surface area contributed by atoms with Gasteiger partial charge in [-0.1, -0.05) is 32.0 Å². The van der Waals surface area contributed by atoms with Crippen molar-refractivity contribution in [3.8, 4) is 0 Å². The predicted octanol–water partition coefficient (Wildman–Crippen LogP) is 2.75.